The van der Waals surface area contributed by atoms with Gasteiger partial charge >= 0.3 is 5.69 Å². The van der Waals surface area contributed by atoms with Gasteiger partial charge < -0.3 is 10.1 Å². The number of nitrogens with zero attached hydrogens (tertiary/aromatic N) is 2. The number of nitro groups is 1. The Hall–Kier alpha value is -2.15. The van der Waals surface area contributed by atoms with Crippen molar-refractivity contribution in [2.75, 3.05) is 12.4 Å². The number of nitro benzene ring substituents is 1. The van der Waals surface area contributed by atoms with Crippen LogP contribution in [0.5, 0.6) is 5.75 Å². The molecule has 7 heteroatoms. The number of hydrogen-bond acceptors (Lipinski definition) is 5. The van der Waals surface area contributed by atoms with Crippen LogP contribution in [0.3, 0.4) is 0 Å². The molecule has 0 atom stereocenters. The lowest BCUT2D eigenvalue weighted by Crippen LogP contribution is -2.01. The lowest BCUT2D eigenvalue weighted by Gasteiger charge is -2.07. The van der Waals surface area contributed by atoms with Gasteiger partial charge in [0.05, 0.1) is 10.6 Å². The van der Waals surface area contributed by atoms with Gasteiger partial charge in [-0.3, -0.25) is 15.1 Å². The second-order valence-electron chi connectivity index (χ2n) is 3.94. The maximum Gasteiger partial charge on any atom is 0.312 e. The SMILES string of the molecule is CNc1ccnc(COc2ccc(Br)cc2[N+](=O)[O-])c1. The van der Waals surface area contributed by atoms with Crippen molar-refractivity contribution in [2.45, 2.75) is 6.61 Å². The van der Waals surface area contributed by atoms with E-state index in [1.165, 1.54) is 6.07 Å². The Labute approximate surface area is 124 Å². The Balaban J connectivity index is 2.16. The highest BCUT2D eigenvalue weighted by Gasteiger charge is 2.15. The number of anilines is 1. The van der Waals surface area contributed by atoms with E-state index in [2.05, 4.69) is 26.2 Å². The number of nitrogens with one attached hydrogen (secondary N) is 1. The summed E-state index contributed by atoms with van der Waals surface area (Å²) < 4.78 is 6.12. The molecule has 0 saturated carbocycles. The zero-order chi connectivity index (χ0) is 14.5. The van der Waals surface area contributed by atoms with Gasteiger partial charge in [0.2, 0.25) is 0 Å². The van der Waals surface area contributed by atoms with E-state index >= 15 is 0 Å². The monoisotopic (exact) mass is 337 g/mol. The second-order valence-corrected chi connectivity index (χ2v) is 4.86. The average molecular weight is 338 g/mol. The summed E-state index contributed by atoms with van der Waals surface area (Å²) in [4.78, 5) is 14.6. The first kappa shape index (κ1) is 14.3. The number of halogens is 1. The molecule has 0 aliphatic carbocycles. The molecule has 2 rings (SSSR count). The van der Waals surface area contributed by atoms with Crippen LogP contribution in [0.1, 0.15) is 5.69 Å². The molecule has 0 spiro atoms. The number of pyridine rings is 1. The van der Waals surface area contributed by atoms with E-state index in [1.807, 2.05) is 12.1 Å². The van der Waals surface area contributed by atoms with Gasteiger partial charge in [0.25, 0.3) is 0 Å². The minimum atomic E-state index is -0.475. The lowest BCUT2D eigenvalue weighted by atomic mass is 10.3. The zero-order valence-electron chi connectivity index (χ0n) is 10.7. The van der Waals surface area contributed by atoms with E-state index < -0.39 is 4.92 Å². The van der Waals surface area contributed by atoms with Gasteiger partial charge in [-0.05, 0) is 24.3 Å². The van der Waals surface area contributed by atoms with Crippen LogP contribution in [-0.4, -0.2) is 17.0 Å². The summed E-state index contributed by atoms with van der Waals surface area (Å²) in [6, 6.07) is 8.31. The summed E-state index contributed by atoms with van der Waals surface area (Å²) in [6.07, 6.45) is 1.65. The molecule has 0 aliphatic heterocycles. The summed E-state index contributed by atoms with van der Waals surface area (Å²) >= 11 is 3.20. The van der Waals surface area contributed by atoms with E-state index in [-0.39, 0.29) is 18.0 Å². The zero-order valence-corrected chi connectivity index (χ0v) is 12.3. The van der Waals surface area contributed by atoms with Crippen LogP contribution in [0.15, 0.2) is 41.0 Å². The predicted octanol–water partition coefficient (Wildman–Crippen LogP) is 3.37. The molecule has 1 aromatic heterocycles. The molecular formula is C13H12BrN3O3. The van der Waals surface area contributed by atoms with Gasteiger partial charge in [0.15, 0.2) is 5.75 Å². The van der Waals surface area contributed by atoms with Crippen LogP contribution in [0.25, 0.3) is 0 Å². The third-order valence-corrected chi connectivity index (χ3v) is 3.09. The van der Waals surface area contributed by atoms with Crippen LogP contribution < -0.4 is 10.1 Å². The van der Waals surface area contributed by atoms with Crippen molar-refractivity contribution in [2.24, 2.45) is 0 Å². The molecule has 0 aliphatic rings. The van der Waals surface area contributed by atoms with Gasteiger partial charge in [0, 0.05) is 29.5 Å². The van der Waals surface area contributed by atoms with Crippen molar-refractivity contribution in [3.63, 3.8) is 0 Å². The predicted molar refractivity (Wildman–Crippen MR) is 78.9 cm³/mol. The van der Waals surface area contributed by atoms with E-state index in [0.29, 0.717) is 10.2 Å². The van der Waals surface area contributed by atoms with Crippen molar-refractivity contribution in [3.8, 4) is 5.75 Å². The highest BCUT2D eigenvalue weighted by molar-refractivity contribution is 9.10. The fraction of sp³-hybridized carbons (Fsp3) is 0.154. The van der Waals surface area contributed by atoms with E-state index in [4.69, 9.17) is 4.74 Å². The fourth-order valence-corrected chi connectivity index (χ4v) is 1.97. The van der Waals surface area contributed by atoms with E-state index in [9.17, 15) is 10.1 Å². The van der Waals surface area contributed by atoms with Gasteiger partial charge in [-0.1, -0.05) is 15.9 Å². The molecule has 0 saturated heterocycles. The number of rotatable bonds is 5. The summed E-state index contributed by atoms with van der Waals surface area (Å²) in [5.41, 5.74) is 1.52. The van der Waals surface area contributed by atoms with Crippen LogP contribution in [0.4, 0.5) is 11.4 Å². The minimum Gasteiger partial charge on any atom is -0.480 e. The standard InChI is InChI=1S/C13H12BrN3O3/c1-15-10-4-5-16-11(7-10)8-20-13-3-2-9(14)6-12(13)17(18)19/h2-7H,8H2,1H3,(H,15,16). The third-order valence-electron chi connectivity index (χ3n) is 2.60. The lowest BCUT2D eigenvalue weighted by molar-refractivity contribution is -0.386. The Bertz CT molecular complexity index is 634. The first-order valence-electron chi connectivity index (χ1n) is 5.79. The molecule has 0 fully saturated rings. The number of ether oxygens (including phenoxy) is 1. The molecule has 1 aromatic carbocycles. The van der Waals surface area contributed by atoms with Gasteiger partial charge in [-0.15, -0.1) is 0 Å². The van der Waals surface area contributed by atoms with Crippen molar-refractivity contribution in [1.82, 2.24) is 4.98 Å². The molecular weight excluding hydrogens is 326 g/mol. The fourth-order valence-electron chi connectivity index (χ4n) is 1.62. The van der Waals surface area contributed by atoms with Crippen LogP contribution in [-0.2, 0) is 6.61 Å². The van der Waals surface area contributed by atoms with Crippen molar-refractivity contribution in [3.05, 3.63) is 56.8 Å². The molecule has 1 heterocycles. The third kappa shape index (κ3) is 3.45. The van der Waals surface area contributed by atoms with E-state index in [0.717, 1.165) is 5.69 Å². The minimum absolute atomic E-state index is 0.0795. The second kappa shape index (κ2) is 6.33. The largest absolute Gasteiger partial charge is 0.480 e. The number of hydrogen-bond donors (Lipinski definition) is 1. The highest BCUT2D eigenvalue weighted by Crippen LogP contribution is 2.30. The number of aromatic nitrogens is 1. The first-order chi connectivity index (χ1) is 9.60. The molecule has 2 aromatic rings. The normalized spacial score (nSPS) is 10.1. The summed E-state index contributed by atoms with van der Waals surface area (Å²) in [6.45, 7) is 0.165. The average Bonchev–Trinajstić information content (AvgIpc) is 2.46. The Morgan fingerprint density at radius 2 is 2.20 bits per heavy atom. The van der Waals surface area contributed by atoms with Crippen molar-refractivity contribution in [1.29, 1.82) is 0 Å². The highest BCUT2D eigenvalue weighted by atomic mass is 79.9. The molecule has 104 valence electrons. The van der Waals surface area contributed by atoms with Gasteiger partial charge in [-0.25, -0.2) is 0 Å². The van der Waals surface area contributed by atoms with Crippen LogP contribution in [0, 0.1) is 10.1 Å². The summed E-state index contributed by atoms with van der Waals surface area (Å²) in [7, 11) is 1.81. The van der Waals surface area contributed by atoms with Crippen LogP contribution >= 0.6 is 15.9 Å². The smallest absolute Gasteiger partial charge is 0.312 e. The Kier molecular flexibility index (Phi) is 4.52. The van der Waals surface area contributed by atoms with E-state index in [1.54, 1.807) is 25.4 Å². The summed E-state index contributed by atoms with van der Waals surface area (Å²) in [5, 5.41) is 14.0. The topological polar surface area (TPSA) is 77.3 Å². The molecule has 0 amide bonds. The molecule has 0 bridgehead atoms. The molecule has 0 unspecified atom stereocenters. The maximum atomic E-state index is 11.0. The maximum absolute atomic E-state index is 11.0. The Morgan fingerprint density at radius 1 is 1.40 bits per heavy atom. The Morgan fingerprint density at radius 3 is 2.90 bits per heavy atom. The number of benzene rings is 1. The van der Waals surface area contributed by atoms with Crippen molar-refractivity contribution >= 4 is 27.3 Å². The molecule has 20 heavy (non-hydrogen) atoms. The van der Waals surface area contributed by atoms with Crippen molar-refractivity contribution < 1.29 is 9.66 Å². The molecule has 6 nitrogen and oxygen atoms in total. The van der Waals surface area contributed by atoms with Gasteiger partial charge in [0.1, 0.15) is 6.61 Å². The molecule has 1 N–H and O–H groups in total. The first-order valence-corrected chi connectivity index (χ1v) is 6.59. The quantitative estimate of drug-likeness (QED) is 0.668. The van der Waals surface area contributed by atoms with Gasteiger partial charge in [-0.2, -0.15) is 0 Å². The van der Waals surface area contributed by atoms with Crippen LogP contribution in [0.2, 0.25) is 0 Å². The molecule has 0 radical (unpaired) electrons. The summed E-state index contributed by atoms with van der Waals surface area (Å²) in [5.74, 6) is 0.217.